The zero-order valence-electron chi connectivity index (χ0n) is 10.9. The predicted octanol–water partition coefficient (Wildman–Crippen LogP) is 0.990. The maximum Gasteiger partial charge on any atom is 0.146 e. The van der Waals surface area contributed by atoms with Gasteiger partial charge in [0.1, 0.15) is 5.82 Å². The van der Waals surface area contributed by atoms with E-state index in [9.17, 15) is 4.39 Å². The fraction of sp³-hybridized carbons (Fsp3) is 0.538. The summed E-state index contributed by atoms with van der Waals surface area (Å²) < 4.78 is 19.0. The van der Waals surface area contributed by atoms with E-state index in [-0.39, 0.29) is 12.4 Å². The monoisotopic (exact) mass is 256 g/mol. The highest BCUT2D eigenvalue weighted by molar-refractivity contribution is 5.49. The van der Waals surface area contributed by atoms with Crippen LogP contribution in [0.3, 0.4) is 0 Å². The normalized spacial score (nSPS) is 10.7. The Morgan fingerprint density at radius 3 is 2.72 bits per heavy atom. The summed E-state index contributed by atoms with van der Waals surface area (Å²) in [5, 5.41) is 12.0. The molecule has 2 N–H and O–H groups in total. The first-order valence-corrected chi connectivity index (χ1v) is 6.00. The molecule has 0 spiro atoms. The van der Waals surface area contributed by atoms with E-state index in [0.717, 1.165) is 5.56 Å². The quantitative estimate of drug-likeness (QED) is 0.728. The van der Waals surface area contributed by atoms with E-state index in [1.165, 1.54) is 6.07 Å². The molecule has 0 aliphatic rings. The maximum atomic E-state index is 14.0. The predicted molar refractivity (Wildman–Crippen MR) is 70.3 cm³/mol. The van der Waals surface area contributed by atoms with E-state index in [1.807, 2.05) is 13.1 Å². The van der Waals surface area contributed by atoms with Crippen molar-refractivity contribution in [3.63, 3.8) is 0 Å². The van der Waals surface area contributed by atoms with Crippen molar-refractivity contribution < 1.29 is 14.2 Å². The fourth-order valence-electron chi connectivity index (χ4n) is 1.80. The first-order valence-electron chi connectivity index (χ1n) is 6.00. The topological polar surface area (TPSA) is 44.7 Å². The lowest BCUT2D eigenvalue weighted by Crippen LogP contribution is -2.31. The first-order chi connectivity index (χ1) is 8.72. The molecule has 0 aliphatic carbocycles. The van der Waals surface area contributed by atoms with Crippen molar-refractivity contribution in [3.8, 4) is 0 Å². The highest BCUT2D eigenvalue weighted by Crippen LogP contribution is 2.20. The van der Waals surface area contributed by atoms with E-state index in [4.69, 9.17) is 9.84 Å². The molecular formula is C13H21FN2O2. The molecule has 0 atom stereocenters. The molecule has 0 fully saturated rings. The molecule has 0 aliphatic heterocycles. The van der Waals surface area contributed by atoms with Crippen molar-refractivity contribution in [2.75, 3.05) is 45.4 Å². The molecule has 18 heavy (non-hydrogen) atoms. The van der Waals surface area contributed by atoms with Gasteiger partial charge in [0, 0.05) is 26.7 Å². The number of aliphatic hydroxyl groups excluding tert-OH is 1. The summed E-state index contributed by atoms with van der Waals surface area (Å²) in [6, 6.07) is 5.14. The summed E-state index contributed by atoms with van der Waals surface area (Å²) in [6.07, 6.45) is 0. The number of nitrogens with zero attached hydrogens (tertiary/aromatic N) is 1. The lowest BCUT2D eigenvalue weighted by Gasteiger charge is -2.24. The summed E-state index contributed by atoms with van der Waals surface area (Å²) in [5.41, 5.74) is 1.40. The van der Waals surface area contributed by atoms with Gasteiger partial charge in [-0.1, -0.05) is 6.07 Å². The number of ether oxygens (including phenoxy) is 1. The number of anilines is 1. The van der Waals surface area contributed by atoms with Gasteiger partial charge in [-0.3, -0.25) is 0 Å². The highest BCUT2D eigenvalue weighted by Gasteiger charge is 2.11. The van der Waals surface area contributed by atoms with Crippen molar-refractivity contribution in [2.24, 2.45) is 0 Å². The van der Waals surface area contributed by atoms with Crippen LogP contribution in [0.15, 0.2) is 18.2 Å². The molecular weight excluding hydrogens is 235 g/mol. The Morgan fingerprint density at radius 1 is 1.39 bits per heavy atom. The molecule has 0 saturated heterocycles. The maximum absolute atomic E-state index is 14.0. The van der Waals surface area contributed by atoms with E-state index >= 15 is 0 Å². The van der Waals surface area contributed by atoms with Gasteiger partial charge in [-0.05, 0) is 24.7 Å². The lowest BCUT2D eigenvalue weighted by atomic mass is 10.2. The molecule has 1 rings (SSSR count). The summed E-state index contributed by atoms with van der Waals surface area (Å²) in [4.78, 5) is 1.78. The average Bonchev–Trinajstić information content (AvgIpc) is 2.35. The number of methoxy groups -OCH3 is 1. The van der Waals surface area contributed by atoms with E-state index in [0.29, 0.717) is 31.9 Å². The summed E-state index contributed by atoms with van der Waals surface area (Å²) >= 11 is 0. The standard InChI is InChI=1S/C13H21FN2O2/c1-15-10-11-3-4-13(12(14)9-11)16(5-7-17)6-8-18-2/h3-4,9,15,17H,5-8,10H2,1-2H3. The molecule has 4 nitrogen and oxygen atoms in total. The van der Waals surface area contributed by atoms with Crippen LogP contribution in [0.25, 0.3) is 0 Å². The van der Waals surface area contributed by atoms with Crippen molar-refractivity contribution in [2.45, 2.75) is 6.54 Å². The van der Waals surface area contributed by atoms with Gasteiger partial charge in [-0.15, -0.1) is 0 Å². The second-order valence-corrected chi connectivity index (χ2v) is 4.02. The van der Waals surface area contributed by atoms with Crippen LogP contribution >= 0.6 is 0 Å². The number of hydrogen-bond acceptors (Lipinski definition) is 4. The summed E-state index contributed by atoms with van der Waals surface area (Å²) in [6.45, 7) is 2.07. The average molecular weight is 256 g/mol. The van der Waals surface area contributed by atoms with Crippen LogP contribution in [0.1, 0.15) is 5.56 Å². The van der Waals surface area contributed by atoms with E-state index < -0.39 is 0 Å². The van der Waals surface area contributed by atoms with Crippen molar-refractivity contribution in [1.29, 1.82) is 0 Å². The molecule has 0 radical (unpaired) electrons. The second kappa shape index (κ2) is 8.02. The van der Waals surface area contributed by atoms with Gasteiger partial charge < -0.3 is 20.1 Å². The Bertz CT molecular complexity index is 361. The van der Waals surface area contributed by atoms with Crippen LogP contribution in [0.4, 0.5) is 10.1 Å². The zero-order chi connectivity index (χ0) is 13.4. The molecule has 0 heterocycles. The molecule has 5 heteroatoms. The van der Waals surface area contributed by atoms with Crippen molar-refractivity contribution in [1.82, 2.24) is 5.32 Å². The third kappa shape index (κ3) is 4.25. The van der Waals surface area contributed by atoms with Crippen LogP contribution < -0.4 is 10.2 Å². The number of hydrogen-bond donors (Lipinski definition) is 2. The number of nitrogens with one attached hydrogen (secondary N) is 1. The largest absolute Gasteiger partial charge is 0.395 e. The molecule has 0 unspecified atom stereocenters. The number of benzene rings is 1. The lowest BCUT2D eigenvalue weighted by molar-refractivity contribution is 0.202. The molecule has 0 amide bonds. The minimum absolute atomic E-state index is 0.0125. The van der Waals surface area contributed by atoms with Crippen LogP contribution in [0.5, 0.6) is 0 Å². The van der Waals surface area contributed by atoms with Gasteiger partial charge in [0.15, 0.2) is 0 Å². The third-order valence-electron chi connectivity index (χ3n) is 2.67. The Labute approximate surface area is 107 Å². The van der Waals surface area contributed by atoms with Gasteiger partial charge in [-0.25, -0.2) is 4.39 Å². The van der Waals surface area contributed by atoms with Crippen LogP contribution in [0.2, 0.25) is 0 Å². The Morgan fingerprint density at radius 2 is 2.17 bits per heavy atom. The van der Waals surface area contributed by atoms with Crippen LogP contribution in [0, 0.1) is 5.82 Å². The number of rotatable bonds is 8. The highest BCUT2D eigenvalue weighted by atomic mass is 19.1. The zero-order valence-corrected chi connectivity index (χ0v) is 10.9. The first kappa shape index (κ1) is 14.9. The minimum Gasteiger partial charge on any atom is -0.395 e. The molecule has 0 bridgehead atoms. The molecule has 102 valence electrons. The Kier molecular flexibility index (Phi) is 6.64. The van der Waals surface area contributed by atoms with Crippen LogP contribution in [-0.4, -0.2) is 45.6 Å². The third-order valence-corrected chi connectivity index (χ3v) is 2.67. The Hall–Kier alpha value is -1.17. The van der Waals surface area contributed by atoms with Gasteiger partial charge in [-0.2, -0.15) is 0 Å². The molecule has 0 saturated carbocycles. The van der Waals surface area contributed by atoms with Gasteiger partial charge in [0.25, 0.3) is 0 Å². The minimum atomic E-state index is -0.271. The number of aliphatic hydroxyl groups is 1. The Balaban J connectivity index is 2.83. The van der Waals surface area contributed by atoms with Gasteiger partial charge in [0.05, 0.1) is 18.9 Å². The summed E-state index contributed by atoms with van der Waals surface area (Å²) in [5.74, 6) is -0.271. The molecule has 0 aromatic heterocycles. The van der Waals surface area contributed by atoms with Crippen molar-refractivity contribution in [3.05, 3.63) is 29.6 Å². The van der Waals surface area contributed by atoms with E-state index in [1.54, 1.807) is 18.1 Å². The molecule has 1 aromatic carbocycles. The van der Waals surface area contributed by atoms with Crippen LogP contribution in [-0.2, 0) is 11.3 Å². The second-order valence-electron chi connectivity index (χ2n) is 4.02. The fourth-order valence-corrected chi connectivity index (χ4v) is 1.80. The van der Waals surface area contributed by atoms with Gasteiger partial charge in [0.2, 0.25) is 0 Å². The van der Waals surface area contributed by atoms with Crippen molar-refractivity contribution >= 4 is 5.69 Å². The smallest absolute Gasteiger partial charge is 0.146 e. The SMILES string of the molecule is CNCc1ccc(N(CCO)CCOC)c(F)c1. The number of halogens is 1. The van der Waals surface area contributed by atoms with Gasteiger partial charge >= 0.3 is 0 Å². The summed E-state index contributed by atoms with van der Waals surface area (Å²) in [7, 11) is 3.42. The molecule has 1 aromatic rings. The van der Waals surface area contributed by atoms with E-state index in [2.05, 4.69) is 5.32 Å².